The topological polar surface area (TPSA) is 34.1 Å². The van der Waals surface area contributed by atoms with E-state index < -0.39 is 30.0 Å². The molecule has 4 atom stereocenters. The number of hydrogen-bond donors (Lipinski definition) is 0. The van der Waals surface area contributed by atoms with Gasteiger partial charge in [-0.25, -0.2) is 8.42 Å². The second-order valence-corrected chi connectivity index (χ2v) is 9.80. The Morgan fingerprint density at radius 3 is 2.06 bits per heavy atom. The Bertz CT molecular complexity index is 375. The summed E-state index contributed by atoms with van der Waals surface area (Å²) in [6.07, 6.45) is 2.32. The largest absolute Gasteiger partial charge is 0.228 e. The van der Waals surface area contributed by atoms with Crippen molar-refractivity contribution in [2.45, 2.75) is 45.4 Å². The zero-order valence-electron chi connectivity index (χ0n) is 8.37. The van der Waals surface area contributed by atoms with Crippen LogP contribution in [0.15, 0.2) is 0 Å². The minimum atomic E-state index is -3.23. The predicted molar refractivity (Wildman–Crippen MR) is 68.4 cm³/mol. The van der Waals surface area contributed by atoms with Crippen molar-refractivity contribution in [1.29, 1.82) is 0 Å². The van der Waals surface area contributed by atoms with Crippen LogP contribution in [-0.4, -0.2) is 28.1 Å². The molecule has 0 radical (unpaired) electrons. The first-order valence-corrected chi connectivity index (χ1v) is 8.36. The maximum absolute atomic E-state index is 12.2. The molecule has 16 heavy (non-hydrogen) atoms. The van der Waals surface area contributed by atoms with Crippen LogP contribution in [0.3, 0.4) is 0 Å². The van der Waals surface area contributed by atoms with Crippen LogP contribution in [-0.2, 0) is 9.84 Å². The van der Waals surface area contributed by atoms with Crippen molar-refractivity contribution in [2.75, 3.05) is 0 Å². The van der Waals surface area contributed by atoms with E-state index in [1.807, 2.05) is 0 Å². The van der Waals surface area contributed by atoms with Crippen molar-refractivity contribution >= 4 is 56.2 Å². The lowest BCUT2D eigenvalue weighted by Crippen LogP contribution is -2.53. The monoisotopic (exact) mass is 324 g/mol. The summed E-state index contributed by atoms with van der Waals surface area (Å²) in [5.74, 6) is -0.400. The molecule has 0 N–H and O–H groups in total. The molecule has 0 spiro atoms. The van der Waals surface area contributed by atoms with Gasteiger partial charge in [0, 0.05) is 5.92 Å². The van der Waals surface area contributed by atoms with Crippen molar-refractivity contribution in [3.63, 3.8) is 0 Å². The summed E-state index contributed by atoms with van der Waals surface area (Å²) in [7, 11) is -3.23. The molecule has 7 heteroatoms. The normalized spacial score (nSPS) is 43.0. The second-order valence-electron chi connectivity index (χ2n) is 4.48. The van der Waals surface area contributed by atoms with E-state index in [4.69, 9.17) is 46.4 Å². The van der Waals surface area contributed by atoms with E-state index in [0.29, 0.717) is 25.7 Å². The Balaban J connectivity index is 2.34. The van der Waals surface area contributed by atoms with Gasteiger partial charge in [-0.15, -0.1) is 11.6 Å². The van der Waals surface area contributed by atoms with Crippen LogP contribution >= 0.6 is 46.4 Å². The molecule has 0 aromatic heterocycles. The summed E-state index contributed by atoms with van der Waals surface area (Å²) in [5.41, 5.74) is 0. The standard InChI is InChI=1S/C9H12Cl4O2S/c10-6-2-4-7-5(9(11,12)13)1-3-8(6)16(7,14)15/h5-8H,1-4H2. The van der Waals surface area contributed by atoms with Gasteiger partial charge in [-0.1, -0.05) is 34.8 Å². The molecule has 2 aliphatic heterocycles. The van der Waals surface area contributed by atoms with Gasteiger partial charge < -0.3 is 0 Å². The van der Waals surface area contributed by atoms with E-state index >= 15 is 0 Å². The van der Waals surface area contributed by atoms with E-state index in [1.54, 1.807) is 0 Å². The minimum Gasteiger partial charge on any atom is -0.228 e. The van der Waals surface area contributed by atoms with E-state index in [1.165, 1.54) is 0 Å². The van der Waals surface area contributed by atoms with Crippen molar-refractivity contribution in [2.24, 2.45) is 5.92 Å². The lowest BCUT2D eigenvalue weighted by atomic mass is 9.90. The summed E-state index contributed by atoms with van der Waals surface area (Å²) in [4.78, 5) is 0. The van der Waals surface area contributed by atoms with Crippen LogP contribution in [0.4, 0.5) is 0 Å². The van der Waals surface area contributed by atoms with Crippen molar-refractivity contribution < 1.29 is 8.42 Å². The van der Waals surface area contributed by atoms with Crippen LogP contribution in [0.25, 0.3) is 0 Å². The molecule has 4 unspecified atom stereocenters. The molecule has 0 aromatic rings. The fraction of sp³-hybridized carbons (Fsp3) is 1.00. The highest BCUT2D eigenvalue weighted by atomic mass is 35.6. The first-order valence-electron chi connectivity index (χ1n) is 5.18. The average Bonchev–Trinajstić information content (AvgIpc) is 2.07. The molecule has 2 rings (SSSR count). The van der Waals surface area contributed by atoms with Gasteiger partial charge in [-0.3, -0.25) is 0 Å². The van der Waals surface area contributed by atoms with Gasteiger partial charge >= 0.3 is 0 Å². The number of rotatable bonds is 0. The summed E-state index contributed by atoms with van der Waals surface area (Å²) >= 11 is 23.6. The fourth-order valence-corrected chi connectivity index (χ4v) is 7.20. The molecule has 94 valence electrons. The Morgan fingerprint density at radius 1 is 0.938 bits per heavy atom. The average molecular weight is 326 g/mol. The highest BCUT2D eigenvalue weighted by Gasteiger charge is 2.54. The fourth-order valence-electron chi connectivity index (χ4n) is 2.78. The van der Waals surface area contributed by atoms with Crippen molar-refractivity contribution in [3.05, 3.63) is 0 Å². The third-order valence-electron chi connectivity index (χ3n) is 3.61. The molecule has 2 nitrogen and oxygen atoms in total. The smallest absolute Gasteiger partial charge is 0.194 e. The molecule has 2 bridgehead atoms. The summed E-state index contributed by atoms with van der Waals surface area (Å²) < 4.78 is 22.9. The third-order valence-corrected chi connectivity index (χ3v) is 7.93. The van der Waals surface area contributed by atoms with Crippen LogP contribution in [0.1, 0.15) is 25.7 Å². The number of fused-ring (bicyclic) bond motifs is 2. The maximum atomic E-state index is 12.2. The second kappa shape index (κ2) is 4.34. The van der Waals surface area contributed by atoms with E-state index in [0.717, 1.165) is 0 Å². The van der Waals surface area contributed by atoms with Crippen LogP contribution < -0.4 is 0 Å². The van der Waals surface area contributed by atoms with Crippen LogP contribution in [0, 0.1) is 5.92 Å². The molecule has 0 aliphatic carbocycles. The van der Waals surface area contributed by atoms with E-state index in [9.17, 15) is 8.42 Å². The van der Waals surface area contributed by atoms with Gasteiger partial charge in [0.1, 0.15) is 0 Å². The summed E-state index contributed by atoms with van der Waals surface area (Å²) in [6, 6.07) is 0. The minimum absolute atomic E-state index is 0.280. The van der Waals surface area contributed by atoms with Gasteiger partial charge in [0.15, 0.2) is 13.6 Å². The molecule has 2 saturated heterocycles. The van der Waals surface area contributed by atoms with Crippen molar-refractivity contribution in [1.82, 2.24) is 0 Å². The lowest BCUT2D eigenvalue weighted by molar-refractivity contribution is 0.344. The Kier molecular flexibility index (Phi) is 3.67. The first kappa shape index (κ1) is 13.5. The molecule has 2 heterocycles. The van der Waals surface area contributed by atoms with Gasteiger partial charge in [0.2, 0.25) is 0 Å². The molecule has 0 amide bonds. The number of alkyl halides is 4. The maximum Gasteiger partial charge on any atom is 0.194 e. The van der Waals surface area contributed by atoms with Gasteiger partial charge in [0.25, 0.3) is 0 Å². The van der Waals surface area contributed by atoms with Gasteiger partial charge in [0.05, 0.1) is 15.9 Å². The summed E-state index contributed by atoms with van der Waals surface area (Å²) in [6.45, 7) is 0. The van der Waals surface area contributed by atoms with Crippen LogP contribution in [0.2, 0.25) is 0 Å². The Morgan fingerprint density at radius 2 is 1.50 bits per heavy atom. The Hall–Kier alpha value is 1.11. The Labute approximate surface area is 115 Å². The van der Waals surface area contributed by atoms with E-state index in [2.05, 4.69) is 0 Å². The molecule has 0 saturated carbocycles. The zero-order valence-corrected chi connectivity index (χ0v) is 12.2. The third kappa shape index (κ3) is 2.18. The lowest BCUT2D eigenvalue weighted by Gasteiger charge is -2.44. The molecule has 2 aliphatic rings. The summed E-state index contributed by atoms with van der Waals surface area (Å²) in [5, 5.41) is -1.26. The quantitative estimate of drug-likeness (QED) is 0.640. The SMILES string of the molecule is O=S1(=O)C2CCC(C(Cl)(Cl)Cl)C1CCC2Cl. The van der Waals surface area contributed by atoms with E-state index in [-0.39, 0.29) is 5.38 Å². The number of halogens is 4. The number of hydrogen-bond acceptors (Lipinski definition) is 2. The number of sulfone groups is 1. The highest BCUT2D eigenvalue weighted by molar-refractivity contribution is 7.92. The first-order chi connectivity index (χ1) is 7.24. The predicted octanol–water partition coefficient (Wildman–Crippen LogP) is 3.32. The molecular formula is C9H12Cl4O2S. The van der Waals surface area contributed by atoms with Crippen LogP contribution in [0.5, 0.6) is 0 Å². The molecular weight excluding hydrogens is 314 g/mol. The van der Waals surface area contributed by atoms with Gasteiger partial charge in [-0.05, 0) is 25.7 Å². The molecule has 2 fully saturated rings. The van der Waals surface area contributed by atoms with Crippen molar-refractivity contribution in [3.8, 4) is 0 Å². The molecule has 0 aromatic carbocycles. The zero-order chi connectivity index (χ0) is 12.1. The highest BCUT2D eigenvalue weighted by Crippen LogP contribution is 2.50. The van der Waals surface area contributed by atoms with Gasteiger partial charge in [-0.2, -0.15) is 0 Å².